The van der Waals surface area contributed by atoms with Crippen LogP contribution in [-0.4, -0.2) is 63.9 Å². The van der Waals surface area contributed by atoms with Gasteiger partial charge in [-0.1, -0.05) is 12.1 Å². The van der Waals surface area contributed by atoms with Crippen molar-refractivity contribution in [3.63, 3.8) is 0 Å². The summed E-state index contributed by atoms with van der Waals surface area (Å²) >= 11 is 0. The van der Waals surface area contributed by atoms with Crippen molar-refractivity contribution < 1.29 is 14.3 Å². The molecule has 0 aromatic heterocycles. The van der Waals surface area contributed by atoms with Crippen LogP contribution in [0.2, 0.25) is 0 Å². The van der Waals surface area contributed by atoms with Crippen molar-refractivity contribution in [1.29, 1.82) is 5.26 Å². The Morgan fingerprint density at radius 3 is 2.29 bits per heavy atom. The maximum absolute atomic E-state index is 11.6. The molecule has 1 heterocycles. The maximum atomic E-state index is 11.6. The summed E-state index contributed by atoms with van der Waals surface area (Å²) in [5, 5.41) is 8.92. The topological polar surface area (TPSA) is 65.8 Å². The van der Waals surface area contributed by atoms with Crippen LogP contribution < -0.4 is 4.90 Å². The number of nitrogens with zero attached hydrogens (tertiary/aromatic N) is 3. The fourth-order valence-corrected chi connectivity index (χ4v) is 4.14. The fourth-order valence-electron chi connectivity index (χ4n) is 4.14. The highest BCUT2D eigenvalue weighted by Crippen LogP contribution is 2.29. The number of rotatable bonds is 8. The number of hydrogen-bond acceptors (Lipinski definition) is 6. The lowest BCUT2D eigenvalue weighted by Gasteiger charge is -2.43. The molecule has 0 spiro atoms. The van der Waals surface area contributed by atoms with E-state index in [1.54, 1.807) is 19.2 Å². The van der Waals surface area contributed by atoms with E-state index in [-0.39, 0.29) is 11.6 Å². The molecule has 1 aliphatic heterocycles. The molecule has 0 N–H and O–H groups in total. The van der Waals surface area contributed by atoms with Crippen LogP contribution in [0.1, 0.15) is 34.3 Å². The lowest BCUT2D eigenvalue weighted by atomic mass is 9.90. The first-order valence-corrected chi connectivity index (χ1v) is 10.6. The van der Waals surface area contributed by atoms with Gasteiger partial charge in [0.05, 0.1) is 29.9 Å². The third kappa shape index (κ3) is 5.84. The summed E-state index contributed by atoms with van der Waals surface area (Å²) < 4.78 is 10.8. The third-order valence-electron chi connectivity index (χ3n) is 6.25. The molecule has 2 aromatic rings. The number of carbonyl (C=O) groups is 1. The lowest BCUT2D eigenvalue weighted by Crippen LogP contribution is -2.51. The molecule has 0 unspecified atom stereocenters. The number of nitriles is 1. The maximum Gasteiger partial charge on any atom is 0.337 e. The molecule has 2 aromatic carbocycles. The molecule has 0 saturated carbocycles. The molecule has 0 amide bonds. The van der Waals surface area contributed by atoms with Crippen LogP contribution in [0.4, 0.5) is 5.69 Å². The highest BCUT2D eigenvalue weighted by Gasteiger charge is 2.35. The molecule has 1 aliphatic rings. The first-order valence-electron chi connectivity index (χ1n) is 10.6. The van der Waals surface area contributed by atoms with Crippen LogP contribution in [0.15, 0.2) is 48.5 Å². The van der Waals surface area contributed by atoms with Gasteiger partial charge in [-0.3, -0.25) is 0 Å². The molecule has 0 atom stereocenters. The Bertz CT molecular complexity index is 895. The predicted molar refractivity (Wildman–Crippen MR) is 121 cm³/mol. The van der Waals surface area contributed by atoms with E-state index in [9.17, 15) is 4.79 Å². The minimum Gasteiger partial charge on any atom is -0.465 e. The number of ether oxygens (including phenoxy) is 2. The average molecular weight is 422 g/mol. The zero-order valence-corrected chi connectivity index (χ0v) is 18.6. The van der Waals surface area contributed by atoms with E-state index in [1.807, 2.05) is 36.4 Å². The number of piperidine rings is 1. The molecule has 1 fully saturated rings. The Labute approximate surface area is 185 Å². The molecule has 3 rings (SSSR count). The van der Waals surface area contributed by atoms with E-state index >= 15 is 0 Å². The number of carbonyl (C=O) groups excluding carboxylic acids is 1. The molecule has 0 radical (unpaired) electrons. The monoisotopic (exact) mass is 421 g/mol. The van der Waals surface area contributed by atoms with Gasteiger partial charge in [0.25, 0.3) is 0 Å². The zero-order chi connectivity index (χ0) is 22.3. The summed E-state index contributed by atoms with van der Waals surface area (Å²) in [5.41, 5.74) is 3.39. The van der Waals surface area contributed by atoms with Gasteiger partial charge in [-0.25, -0.2) is 4.79 Å². The van der Waals surface area contributed by atoms with Gasteiger partial charge in [0.15, 0.2) is 0 Å². The number of hydrogen-bond donors (Lipinski definition) is 0. The summed E-state index contributed by atoms with van der Waals surface area (Å²) in [6, 6.07) is 17.5. The standard InChI is InChI=1S/C25H31N3O3/c1-27(23-10-8-22(9-11-23)24(29)30-2)19-25(31-3)13-16-28(17-14-25)15-12-20-4-6-21(18-26)7-5-20/h4-11H,12-17,19H2,1-3H3. The van der Waals surface area contributed by atoms with E-state index in [0.717, 1.165) is 51.1 Å². The molecule has 0 aliphatic carbocycles. The van der Waals surface area contributed by atoms with Crippen molar-refractivity contribution in [2.75, 3.05) is 52.3 Å². The van der Waals surface area contributed by atoms with Gasteiger partial charge >= 0.3 is 5.97 Å². The molecule has 0 bridgehead atoms. The van der Waals surface area contributed by atoms with Gasteiger partial charge in [0.1, 0.15) is 0 Å². The van der Waals surface area contributed by atoms with Gasteiger partial charge in [-0.05, 0) is 61.2 Å². The minimum absolute atomic E-state index is 0.180. The van der Waals surface area contributed by atoms with Crippen LogP contribution in [0.25, 0.3) is 0 Å². The average Bonchev–Trinajstić information content (AvgIpc) is 2.83. The van der Waals surface area contributed by atoms with Crippen LogP contribution in [0, 0.1) is 11.3 Å². The largest absolute Gasteiger partial charge is 0.465 e. The van der Waals surface area contributed by atoms with Crippen molar-refractivity contribution >= 4 is 11.7 Å². The number of anilines is 1. The number of likely N-dealkylation sites (tertiary alicyclic amines) is 1. The summed E-state index contributed by atoms with van der Waals surface area (Å²) in [5.74, 6) is -0.323. The highest BCUT2D eigenvalue weighted by molar-refractivity contribution is 5.89. The predicted octanol–water partition coefficient (Wildman–Crippen LogP) is 3.50. The van der Waals surface area contributed by atoms with Gasteiger partial charge < -0.3 is 19.3 Å². The number of benzene rings is 2. The molecular weight excluding hydrogens is 390 g/mol. The quantitative estimate of drug-likeness (QED) is 0.608. The van der Waals surface area contributed by atoms with Crippen molar-refractivity contribution in [2.45, 2.75) is 24.9 Å². The molecular formula is C25H31N3O3. The SMILES string of the molecule is COC(=O)c1ccc(N(C)CC2(OC)CCN(CCc3ccc(C#N)cc3)CC2)cc1. The van der Waals surface area contributed by atoms with Crippen LogP contribution >= 0.6 is 0 Å². The van der Waals surface area contributed by atoms with Crippen molar-refractivity contribution in [2.24, 2.45) is 0 Å². The summed E-state index contributed by atoms with van der Waals surface area (Å²) in [7, 11) is 5.26. The van der Waals surface area contributed by atoms with E-state index in [1.165, 1.54) is 12.7 Å². The molecule has 31 heavy (non-hydrogen) atoms. The van der Waals surface area contributed by atoms with Crippen molar-refractivity contribution in [1.82, 2.24) is 4.90 Å². The van der Waals surface area contributed by atoms with Crippen molar-refractivity contribution in [3.05, 3.63) is 65.2 Å². The second-order valence-electron chi connectivity index (χ2n) is 8.18. The summed E-state index contributed by atoms with van der Waals surface area (Å²) in [6.07, 6.45) is 2.93. The zero-order valence-electron chi connectivity index (χ0n) is 18.6. The summed E-state index contributed by atoms with van der Waals surface area (Å²) in [6.45, 7) is 3.81. The Morgan fingerprint density at radius 2 is 1.74 bits per heavy atom. The summed E-state index contributed by atoms with van der Waals surface area (Å²) in [4.78, 5) is 16.3. The van der Waals surface area contributed by atoms with Crippen LogP contribution in [-0.2, 0) is 15.9 Å². The minimum atomic E-state index is -0.323. The van der Waals surface area contributed by atoms with E-state index < -0.39 is 0 Å². The Morgan fingerprint density at radius 1 is 1.10 bits per heavy atom. The van der Waals surface area contributed by atoms with E-state index in [0.29, 0.717) is 11.1 Å². The first kappa shape index (κ1) is 22.8. The van der Waals surface area contributed by atoms with Gasteiger partial charge in [-0.2, -0.15) is 5.26 Å². The van der Waals surface area contributed by atoms with Gasteiger partial charge in [-0.15, -0.1) is 0 Å². The molecule has 6 heteroatoms. The Kier molecular flexibility index (Phi) is 7.67. The number of esters is 1. The van der Waals surface area contributed by atoms with Gasteiger partial charge in [0.2, 0.25) is 0 Å². The number of likely N-dealkylation sites (N-methyl/N-ethyl adjacent to an activating group) is 1. The second kappa shape index (κ2) is 10.4. The van der Waals surface area contributed by atoms with E-state index in [4.69, 9.17) is 14.7 Å². The van der Waals surface area contributed by atoms with Crippen LogP contribution in [0.3, 0.4) is 0 Å². The smallest absolute Gasteiger partial charge is 0.337 e. The van der Waals surface area contributed by atoms with E-state index in [2.05, 4.69) is 22.9 Å². The molecule has 164 valence electrons. The first-order chi connectivity index (χ1) is 15.0. The normalized spacial score (nSPS) is 15.8. The fraction of sp³-hybridized carbons (Fsp3) is 0.440. The number of methoxy groups -OCH3 is 2. The Hall–Kier alpha value is -2.88. The molecule has 6 nitrogen and oxygen atoms in total. The van der Waals surface area contributed by atoms with Gasteiger partial charge in [0, 0.05) is 46.0 Å². The second-order valence-corrected chi connectivity index (χ2v) is 8.18. The van der Waals surface area contributed by atoms with Crippen LogP contribution in [0.5, 0.6) is 0 Å². The highest BCUT2D eigenvalue weighted by atomic mass is 16.5. The van der Waals surface area contributed by atoms with Crippen molar-refractivity contribution in [3.8, 4) is 6.07 Å². The third-order valence-corrected chi connectivity index (χ3v) is 6.25. The Balaban J connectivity index is 1.52. The lowest BCUT2D eigenvalue weighted by molar-refractivity contribution is -0.0500. The molecule has 1 saturated heterocycles.